The average Bonchev–Trinajstić information content (AvgIpc) is 2.97. The molecule has 1 amide bonds. The van der Waals surface area contributed by atoms with Crippen molar-refractivity contribution in [1.82, 2.24) is 9.88 Å². The van der Waals surface area contributed by atoms with Crippen LogP contribution in [0.4, 0.5) is 0 Å². The maximum Gasteiger partial charge on any atom is 0.227 e. The molecule has 0 N–H and O–H groups in total. The molecule has 0 aliphatic rings. The molecule has 2 aromatic rings. The van der Waals surface area contributed by atoms with Crippen molar-refractivity contribution in [2.75, 3.05) is 13.1 Å². The van der Waals surface area contributed by atoms with Gasteiger partial charge in [0.25, 0.3) is 0 Å². The summed E-state index contributed by atoms with van der Waals surface area (Å²) >= 11 is 1.64. The number of carbonyl (C=O) groups excluding carboxylic acids is 1. The molecule has 0 unspecified atom stereocenters. The Bertz CT molecular complexity index is 511. The minimum Gasteiger partial charge on any atom is -0.342 e. The highest BCUT2D eigenvalue weighted by atomic mass is 32.1. The van der Waals surface area contributed by atoms with Crippen molar-refractivity contribution in [3.63, 3.8) is 0 Å². The van der Waals surface area contributed by atoms with E-state index in [0.29, 0.717) is 6.42 Å². The minimum absolute atomic E-state index is 0.213. The summed E-state index contributed by atoms with van der Waals surface area (Å²) in [6, 6.07) is 9.92. The van der Waals surface area contributed by atoms with E-state index in [1.165, 1.54) is 0 Å². The number of aromatic nitrogens is 1. The van der Waals surface area contributed by atoms with Gasteiger partial charge in [-0.3, -0.25) is 9.78 Å². The van der Waals surface area contributed by atoms with E-state index in [-0.39, 0.29) is 5.91 Å². The van der Waals surface area contributed by atoms with Crippen molar-refractivity contribution >= 4 is 17.2 Å². The van der Waals surface area contributed by atoms with E-state index in [0.717, 1.165) is 36.5 Å². The summed E-state index contributed by atoms with van der Waals surface area (Å²) in [7, 11) is 0. The molecule has 0 bridgehead atoms. The molecule has 0 aromatic carbocycles. The molecular formula is C16H20N2OS. The third-order valence-corrected chi connectivity index (χ3v) is 3.99. The molecule has 2 rings (SSSR count). The Kier molecular flexibility index (Phi) is 5.74. The number of rotatable bonds is 7. The SMILES string of the molecule is CCCN(CCc1ccccn1)C(=O)Cc1cccs1. The number of hydrogen-bond acceptors (Lipinski definition) is 3. The second-order valence-electron chi connectivity index (χ2n) is 4.71. The van der Waals surface area contributed by atoms with E-state index in [9.17, 15) is 4.79 Å². The lowest BCUT2D eigenvalue weighted by atomic mass is 10.2. The standard InChI is InChI=1S/C16H20N2OS/c1-2-10-18(11-8-14-6-3-4-9-17-14)16(19)13-15-7-5-12-20-15/h3-7,9,12H,2,8,10-11,13H2,1H3. The summed E-state index contributed by atoms with van der Waals surface area (Å²) < 4.78 is 0. The maximum absolute atomic E-state index is 12.3. The molecule has 0 aliphatic heterocycles. The maximum atomic E-state index is 12.3. The zero-order valence-corrected chi connectivity index (χ0v) is 12.6. The van der Waals surface area contributed by atoms with Gasteiger partial charge in [-0.05, 0) is 30.0 Å². The van der Waals surface area contributed by atoms with E-state index in [4.69, 9.17) is 0 Å². The fraction of sp³-hybridized carbons (Fsp3) is 0.375. The van der Waals surface area contributed by atoms with Crippen LogP contribution in [0.15, 0.2) is 41.9 Å². The molecule has 0 atom stereocenters. The van der Waals surface area contributed by atoms with Crippen LogP contribution >= 0.6 is 11.3 Å². The first kappa shape index (κ1) is 14.7. The van der Waals surface area contributed by atoms with Gasteiger partial charge in [0.1, 0.15) is 0 Å². The van der Waals surface area contributed by atoms with Crippen molar-refractivity contribution in [3.05, 3.63) is 52.5 Å². The van der Waals surface area contributed by atoms with E-state index in [2.05, 4.69) is 11.9 Å². The van der Waals surface area contributed by atoms with Crippen LogP contribution in [0.1, 0.15) is 23.9 Å². The lowest BCUT2D eigenvalue weighted by Crippen LogP contribution is -2.34. The summed E-state index contributed by atoms with van der Waals surface area (Å²) in [5.74, 6) is 0.213. The van der Waals surface area contributed by atoms with Gasteiger partial charge < -0.3 is 4.90 Å². The summed E-state index contributed by atoms with van der Waals surface area (Å²) in [5, 5.41) is 2.01. The number of carbonyl (C=O) groups is 1. The lowest BCUT2D eigenvalue weighted by molar-refractivity contribution is -0.130. The highest BCUT2D eigenvalue weighted by Crippen LogP contribution is 2.11. The van der Waals surface area contributed by atoms with Gasteiger partial charge in [0.05, 0.1) is 6.42 Å². The normalized spacial score (nSPS) is 10.4. The van der Waals surface area contributed by atoms with Gasteiger partial charge in [0.15, 0.2) is 0 Å². The number of nitrogens with zero attached hydrogens (tertiary/aromatic N) is 2. The average molecular weight is 288 g/mol. The van der Waals surface area contributed by atoms with Gasteiger partial charge in [0, 0.05) is 36.3 Å². The van der Waals surface area contributed by atoms with E-state index in [1.807, 2.05) is 40.6 Å². The van der Waals surface area contributed by atoms with Crippen LogP contribution in [0, 0.1) is 0 Å². The Balaban J connectivity index is 1.90. The fourth-order valence-corrected chi connectivity index (χ4v) is 2.80. The number of pyridine rings is 1. The zero-order chi connectivity index (χ0) is 14.2. The first-order valence-corrected chi connectivity index (χ1v) is 7.87. The van der Waals surface area contributed by atoms with Crippen LogP contribution < -0.4 is 0 Å². The quantitative estimate of drug-likeness (QED) is 0.784. The van der Waals surface area contributed by atoms with E-state index >= 15 is 0 Å². The van der Waals surface area contributed by atoms with Crippen LogP contribution in [-0.2, 0) is 17.6 Å². The van der Waals surface area contributed by atoms with Crippen molar-refractivity contribution in [2.45, 2.75) is 26.2 Å². The van der Waals surface area contributed by atoms with Gasteiger partial charge in [0.2, 0.25) is 5.91 Å². The van der Waals surface area contributed by atoms with E-state index < -0.39 is 0 Å². The lowest BCUT2D eigenvalue weighted by Gasteiger charge is -2.21. The molecule has 0 radical (unpaired) electrons. The Morgan fingerprint density at radius 2 is 2.15 bits per heavy atom. The van der Waals surface area contributed by atoms with Crippen molar-refractivity contribution in [3.8, 4) is 0 Å². The van der Waals surface area contributed by atoms with Crippen LogP contribution in [-0.4, -0.2) is 28.9 Å². The highest BCUT2D eigenvalue weighted by Gasteiger charge is 2.13. The molecule has 0 saturated heterocycles. The van der Waals surface area contributed by atoms with Gasteiger partial charge in [-0.25, -0.2) is 0 Å². The summed E-state index contributed by atoms with van der Waals surface area (Å²) in [5.41, 5.74) is 1.04. The van der Waals surface area contributed by atoms with Crippen LogP contribution in [0.5, 0.6) is 0 Å². The Labute approximate surface area is 124 Å². The van der Waals surface area contributed by atoms with Gasteiger partial charge in [-0.1, -0.05) is 19.1 Å². The zero-order valence-electron chi connectivity index (χ0n) is 11.8. The van der Waals surface area contributed by atoms with Gasteiger partial charge in [-0.2, -0.15) is 0 Å². The molecule has 0 aliphatic carbocycles. The number of amides is 1. The monoisotopic (exact) mass is 288 g/mol. The molecule has 4 heteroatoms. The molecule has 0 fully saturated rings. The third-order valence-electron chi connectivity index (χ3n) is 3.12. The first-order valence-electron chi connectivity index (χ1n) is 6.99. The molecule has 0 spiro atoms. The van der Waals surface area contributed by atoms with Crippen LogP contribution in [0.3, 0.4) is 0 Å². The smallest absolute Gasteiger partial charge is 0.227 e. The topological polar surface area (TPSA) is 33.2 Å². The van der Waals surface area contributed by atoms with Crippen LogP contribution in [0.2, 0.25) is 0 Å². The molecule has 0 saturated carbocycles. The van der Waals surface area contributed by atoms with E-state index in [1.54, 1.807) is 17.5 Å². The molecule has 20 heavy (non-hydrogen) atoms. The summed E-state index contributed by atoms with van der Waals surface area (Å²) in [4.78, 5) is 19.7. The second kappa shape index (κ2) is 7.80. The number of thiophene rings is 1. The molecular weight excluding hydrogens is 268 g/mol. The molecule has 106 valence electrons. The van der Waals surface area contributed by atoms with Crippen molar-refractivity contribution < 1.29 is 4.79 Å². The van der Waals surface area contributed by atoms with Gasteiger partial charge in [-0.15, -0.1) is 11.3 Å². The largest absolute Gasteiger partial charge is 0.342 e. The Morgan fingerprint density at radius 3 is 2.80 bits per heavy atom. The fourth-order valence-electron chi connectivity index (χ4n) is 2.10. The van der Waals surface area contributed by atoms with Crippen molar-refractivity contribution in [2.24, 2.45) is 0 Å². The predicted octanol–water partition coefficient (Wildman–Crippen LogP) is 3.17. The van der Waals surface area contributed by atoms with Gasteiger partial charge >= 0.3 is 0 Å². The van der Waals surface area contributed by atoms with Crippen molar-refractivity contribution in [1.29, 1.82) is 0 Å². The summed E-state index contributed by atoms with van der Waals surface area (Å²) in [6.07, 6.45) is 4.11. The molecule has 2 aromatic heterocycles. The Hall–Kier alpha value is -1.68. The Morgan fingerprint density at radius 1 is 1.25 bits per heavy atom. The first-order chi connectivity index (χ1) is 9.79. The highest BCUT2D eigenvalue weighted by molar-refractivity contribution is 7.10. The summed E-state index contributed by atoms with van der Waals surface area (Å²) in [6.45, 7) is 3.66. The minimum atomic E-state index is 0.213. The third kappa shape index (κ3) is 4.46. The number of hydrogen-bond donors (Lipinski definition) is 0. The molecule has 2 heterocycles. The second-order valence-corrected chi connectivity index (χ2v) is 5.74. The molecule has 3 nitrogen and oxygen atoms in total. The predicted molar refractivity (Wildman–Crippen MR) is 82.8 cm³/mol. The van der Waals surface area contributed by atoms with Crippen LogP contribution in [0.25, 0.3) is 0 Å².